The smallest absolute Gasteiger partial charge is 0.246 e. The van der Waals surface area contributed by atoms with Gasteiger partial charge in [0.2, 0.25) is 5.91 Å². The van der Waals surface area contributed by atoms with Crippen LogP contribution in [0.15, 0.2) is 31.0 Å². The van der Waals surface area contributed by atoms with Crippen molar-refractivity contribution in [1.29, 1.82) is 0 Å². The topological polar surface area (TPSA) is 45.2 Å². The zero-order valence-corrected chi connectivity index (χ0v) is 10.9. The van der Waals surface area contributed by atoms with Crippen LogP contribution >= 0.6 is 0 Å². The molecule has 0 bridgehead atoms. The van der Waals surface area contributed by atoms with Gasteiger partial charge in [-0.15, -0.1) is 0 Å². The number of rotatable bonds is 3. The molecule has 1 saturated heterocycles. The number of carbonyl (C=O) groups excluding carboxylic acids is 1. The Labute approximate surface area is 108 Å². The van der Waals surface area contributed by atoms with Gasteiger partial charge in [0.15, 0.2) is 0 Å². The fourth-order valence-corrected chi connectivity index (χ4v) is 2.29. The van der Waals surface area contributed by atoms with Crippen LogP contribution in [0.2, 0.25) is 0 Å². The van der Waals surface area contributed by atoms with E-state index in [9.17, 15) is 4.79 Å². The predicted octanol–water partition coefficient (Wildman–Crippen LogP) is 1.98. The molecule has 0 spiro atoms. The van der Waals surface area contributed by atoms with Gasteiger partial charge in [0, 0.05) is 19.3 Å². The molecule has 1 aliphatic heterocycles. The number of carbonyl (C=O) groups is 1. The van der Waals surface area contributed by atoms with E-state index in [0.717, 1.165) is 18.8 Å². The van der Waals surface area contributed by atoms with Crippen LogP contribution in [0.5, 0.6) is 0 Å². The summed E-state index contributed by atoms with van der Waals surface area (Å²) in [7, 11) is 0. The number of aromatic nitrogens is 1. The lowest BCUT2D eigenvalue weighted by atomic mass is 10.0. The molecular formula is C14H19N3O. The summed E-state index contributed by atoms with van der Waals surface area (Å²) in [6.07, 6.45) is 4.08. The average molecular weight is 245 g/mol. The zero-order valence-electron chi connectivity index (χ0n) is 10.9. The Kier molecular flexibility index (Phi) is 3.36. The van der Waals surface area contributed by atoms with Gasteiger partial charge in [0.1, 0.15) is 5.82 Å². The lowest BCUT2D eigenvalue weighted by molar-refractivity contribution is -0.125. The number of anilines is 1. The molecule has 4 heteroatoms. The lowest BCUT2D eigenvalue weighted by Crippen LogP contribution is -2.39. The molecule has 2 heterocycles. The average Bonchev–Trinajstić information content (AvgIpc) is 2.70. The Bertz CT molecular complexity index is 472. The molecule has 1 atom stereocenters. The van der Waals surface area contributed by atoms with E-state index < -0.39 is 0 Å². The van der Waals surface area contributed by atoms with Gasteiger partial charge >= 0.3 is 0 Å². The SMILES string of the molecule is C=CC(=O)N1CCC(C)(Nc2cc(C)ccn2)C1. The third-order valence-corrected chi connectivity index (χ3v) is 3.30. The van der Waals surface area contributed by atoms with Crippen LogP contribution in [0.4, 0.5) is 5.82 Å². The highest BCUT2D eigenvalue weighted by Crippen LogP contribution is 2.25. The van der Waals surface area contributed by atoms with Crippen molar-refractivity contribution in [2.45, 2.75) is 25.8 Å². The standard InChI is InChI=1S/C14H19N3O/c1-4-13(18)17-8-6-14(3,10-17)16-12-9-11(2)5-7-15-12/h4-5,7,9H,1,6,8,10H2,2-3H3,(H,15,16). The van der Waals surface area contributed by atoms with Crippen LogP contribution in [-0.2, 0) is 4.79 Å². The minimum atomic E-state index is -0.112. The van der Waals surface area contributed by atoms with Crippen molar-refractivity contribution in [2.24, 2.45) is 0 Å². The fourth-order valence-electron chi connectivity index (χ4n) is 2.29. The lowest BCUT2D eigenvalue weighted by Gasteiger charge is -2.26. The number of likely N-dealkylation sites (tertiary alicyclic amines) is 1. The summed E-state index contributed by atoms with van der Waals surface area (Å²) >= 11 is 0. The summed E-state index contributed by atoms with van der Waals surface area (Å²) in [5.74, 6) is 0.864. The van der Waals surface area contributed by atoms with Gasteiger partial charge in [-0.1, -0.05) is 6.58 Å². The minimum absolute atomic E-state index is 0.00211. The first-order valence-electron chi connectivity index (χ1n) is 6.15. The summed E-state index contributed by atoms with van der Waals surface area (Å²) < 4.78 is 0. The quantitative estimate of drug-likeness (QED) is 0.828. The molecule has 1 unspecified atom stereocenters. The molecule has 0 radical (unpaired) electrons. The molecule has 4 nitrogen and oxygen atoms in total. The molecule has 1 N–H and O–H groups in total. The number of aryl methyl sites for hydroxylation is 1. The van der Waals surface area contributed by atoms with Crippen molar-refractivity contribution in [3.05, 3.63) is 36.5 Å². The van der Waals surface area contributed by atoms with E-state index in [2.05, 4.69) is 23.8 Å². The molecule has 0 aromatic carbocycles. The van der Waals surface area contributed by atoms with Crippen LogP contribution in [0.3, 0.4) is 0 Å². The van der Waals surface area contributed by atoms with Gasteiger partial charge in [-0.05, 0) is 44.0 Å². The Morgan fingerprint density at radius 2 is 2.44 bits per heavy atom. The largest absolute Gasteiger partial charge is 0.363 e. The van der Waals surface area contributed by atoms with E-state index in [-0.39, 0.29) is 11.4 Å². The van der Waals surface area contributed by atoms with Crippen LogP contribution < -0.4 is 5.32 Å². The van der Waals surface area contributed by atoms with Crippen LogP contribution in [-0.4, -0.2) is 34.4 Å². The first-order chi connectivity index (χ1) is 8.52. The normalized spacial score (nSPS) is 22.9. The molecule has 1 fully saturated rings. The maximum Gasteiger partial charge on any atom is 0.246 e. The molecule has 1 aromatic heterocycles. The highest BCUT2D eigenvalue weighted by atomic mass is 16.2. The third kappa shape index (κ3) is 2.70. The van der Waals surface area contributed by atoms with Crippen molar-refractivity contribution >= 4 is 11.7 Å². The molecule has 1 aliphatic rings. The van der Waals surface area contributed by atoms with E-state index >= 15 is 0 Å². The molecule has 1 aromatic rings. The van der Waals surface area contributed by atoms with Crippen molar-refractivity contribution in [3.8, 4) is 0 Å². The maximum atomic E-state index is 11.6. The first-order valence-corrected chi connectivity index (χ1v) is 6.15. The van der Waals surface area contributed by atoms with Crippen molar-refractivity contribution in [3.63, 3.8) is 0 Å². The van der Waals surface area contributed by atoms with Gasteiger partial charge in [-0.25, -0.2) is 4.98 Å². The summed E-state index contributed by atoms with van der Waals surface area (Å²) in [5.41, 5.74) is 1.06. The van der Waals surface area contributed by atoms with Gasteiger partial charge < -0.3 is 10.2 Å². The fraction of sp³-hybridized carbons (Fsp3) is 0.429. The van der Waals surface area contributed by atoms with E-state index in [1.807, 2.05) is 24.0 Å². The molecule has 96 valence electrons. The third-order valence-electron chi connectivity index (χ3n) is 3.30. The van der Waals surface area contributed by atoms with Gasteiger partial charge in [-0.2, -0.15) is 0 Å². The van der Waals surface area contributed by atoms with E-state index in [1.54, 1.807) is 6.20 Å². The Balaban J connectivity index is 2.06. The van der Waals surface area contributed by atoms with Crippen molar-refractivity contribution < 1.29 is 4.79 Å². The van der Waals surface area contributed by atoms with Crippen LogP contribution in [0.25, 0.3) is 0 Å². The van der Waals surface area contributed by atoms with Crippen LogP contribution in [0.1, 0.15) is 18.9 Å². The predicted molar refractivity (Wildman–Crippen MR) is 72.4 cm³/mol. The highest BCUT2D eigenvalue weighted by molar-refractivity contribution is 5.87. The monoisotopic (exact) mass is 245 g/mol. The molecular weight excluding hydrogens is 226 g/mol. The van der Waals surface area contributed by atoms with Gasteiger partial charge in [0.05, 0.1) is 5.54 Å². The van der Waals surface area contributed by atoms with Crippen molar-refractivity contribution in [2.75, 3.05) is 18.4 Å². The number of nitrogens with one attached hydrogen (secondary N) is 1. The molecule has 18 heavy (non-hydrogen) atoms. The number of amides is 1. The minimum Gasteiger partial charge on any atom is -0.363 e. The second-order valence-corrected chi connectivity index (χ2v) is 5.12. The Morgan fingerprint density at radius 3 is 3.11 bits per heavy atom. The molecule has 2 rings (SSSR count). The van der Waals surface area contributed by atoms with Crippen molar-refractivity contribution in [1.82, 2.24) is 9.88 Å². The number of pyridine rings is 1. The molecule has 0 saturated carbocycles. The Hall–Kier alpha value is -1.84. The summed E-state index contributed by atoms with van der Waals surface area (Å²) in [6.45, 7) is 9.13. The van der Waals surface area contributed by atoms with E-state index in [1.165, 1.54) is 11.6 Å². The van der Waals surface area contributed by atoms with Gasteiger partial charge in [0.25, 0.3) is 0 Å². The first kappa shape index (κ1) is 12.6. The highest BCUT2D eigenvalue weighted by Gasteiger charge is 2.35. The van der Waals surface area contributed by atoms with Crippen LogP contribution in [0, 0.1) is 6.92 Å². The Morgan fingerprint density at radius 1 is 1.67 bits per heavy atom. The van der Waals surface area contributed by atoms with E-state index in [0.29, 0.717) is 6.54 Å². The second kappa shape index (κ2) is 4.80. The summed E-state index contributed by atoms with van der Waals surface area (Å²) in [6, 6.07) is 3.99. The van der Waals surface area contributed by atoms with Gasteiger partial charge in [-0.3, -0.25) is 4.79 Å². The molecule has 1 amide bonds. The van der Waals surface area contributed by atoms with E-state index in [4.69, 9.17) is 0 Å². The summed E-state index contributed by atoms with van der Waals surface area (Å²) in [4.78, 5) is 17.7. The molecule has 0 aliphatic carbocycles. The number of nitrogens with zero attached hydrogens (tertiary/aromatic N) is 2. The number of hydrogen-bond donors (Lipinski definition) is 1. The number of hydrogen-bond acceptors (Lipinski definition) is 3. The second-order valence-electron chi connectivity index (χ2n) is 5.12. The maximum absolute atomic E-state index is 11.6. The summed E-state index contributed by atoms with van der Waals surface area (Å²) in [5, 5.41) is 3.43. The zero-order chi connectivity index (χ0) is 13.2.